The molecule has 5 nitrogen and oxygen atoms in total. The van der Waals surface area contributed by atoms with Crippen LogP contribution >= 0.6 is 0 Å². The summed E-state index contributed by atoms with van der Waals surface area (Å²) in [5, 5.41) is 10.1. The van der Waals surface area contributed by atoms with Crippen molar-refractivity contribution in [1.29, 1.82) is 0 Å². The van der Waals surface area contributed by atoms with Crippen LogP contribution in [0.25, 0.3) is 10.9 Å². The highest BCUT2D eigenvalue weighted by molar-refractivity contribution is 6.03. The first-order valence-corrected chi connectivity index (χ1v) is 7.08. The number of carboxylic acid groups (broad SMARTS) is 1. The number of carbonyl (C=O) groups is 1. The highest BCUT2D eigenvalue weighted by atomic mass is 16.5. The first-order chi connectivity index (χ1) is 10.7. The first kappa shape index (κ1) is 14.1. The van der Waals surface area contributed by atoms with E-state index >= 15 is 0 Å². The molecular formula is C17H16N2O3. The quantitative estimate of drug-likeness (QED) is 0.784. The van der Waals surface area contributed by atoms with Crippen LogP contribution in [-0.4, -0.2) is 20.6 Å². The number of aryl methyl sites for hydroxylation is 1. The normalized spacial score (nSPS) is 10.8. The maximum atomic E-state index is 11.4. The molecule has 0 unspecified atom stereocenters. The van der Waals surface area contributed by atoms with Crippen LogP contribution in [0.1, 0.15) is 23.0 Å². The lowest BCUT2D eigenvalue weighted by Crippen LogP contribution is -2.04. The van der Waals surface area contributed by atoms with Gasteiger partial charge in [0.1, 0.15) is 12.4 Å². The second-order valence-electron chi connectivity index (χ2n) is 4.90. The lowest BCUT2D eigenvalue weighted by atomic mass is 10.1. The number of hydrogen-bond acceptors (Lipinski definition) is 3. The summed E-state index contributed by atoms with van der Waals surface area (Å²) in [5.74, 6) is -0.229. The second-order valence-corrected chi connectivity index (χ2v) is 4.90. The van der Waals surface area contributed by atoms with Crippen molar-refractivity contribution in [2.45, 2.75) is 20.1 Å². The van der Waals surface area contributed by atoms with Gasteiger partial charge in [-0.25, -0.2) is 4.79 Å². The number of carboxylic acids is 1. The number of aromatic carboxylic acids is 1. The molecule has 0 amide bonds. The zero-order valence-electron chi connectivity index (χ0n) is 12.2. The zero-order chi connectivity index (χ0) is 15.5. The molecule has 0 fully saturated rings. The summed E-state index contributed by atoms with van der Waals surface area (Å²) in [5.41, 5.74) is 2.16. The molecule has 2 aromatic heterocycles. The van der Waals surface area contributed by atoms with Gasteiger partial charge in [-0.05, 0) is 37.3 Å². The van der Waals surface area contributed by atoms with Crippen LogP contribution in [-0.2, 0) is 13.2 Å². The minimum Gasteiger partial charge on any atom is -0.486 e. The fourth-order valence-electron chi connectivity index (χ4n) is 2.61. The van der Waals surface area contributed by atoms with Crippen LogP contribution in [0, 0.1) is 0 Å². The van der Waals surface area contributed by atoms with Crippen LogP contribution < -0.4 is 4.74 Å². The maximum absolute atomic E-state index is 11.4. The first-order valence-electron chi connectivity index (χ1n) is 7.08. The molecule has 0 aliphatic rings. The topological polar surface area (TPSA) is 64.4 Å². The highest BCUT2D eigenvalue weighted by Crippen LogP contribution is 2.25. The third-order valence-electron chi connectivity index (χ3n) is 3.60. The molecule has 112 valence electrons. The molecule has 0 saturated heterocycles. The van der Waals surface area contributed by atoms with Gasteiger partial charge in [0.2, 0.25) is 0 Å². The Kier molecular flexibility index (Phi) is 3.78. The molecule has 2 heterocycles. The number of rotatable bonds is 5. The third kappa shape index (κ3) is 2.53. The van der Waals surface area contributed by atoms with Gasteiger partial charge in [-0.2, -0.15) is 0 Å². The molecule has 0 atom stereocenters. The van der Waals surface area contributed by atoms with E-state index in [0.29, 0.717) is 17.9 Å². The molecule has 0 aliphatic heterocycles. The van der Waals surface area contributed by atoms with Crippen molar-refractivity contribution >= 4 is 16.9 Å². The Labute approximate surface area is 127 Å². The molecule has 0 bridgehead atoms. The SMILES string of the molecule is CCn1c(COc2cccnc2)cc2c(C(=O)O)cccc21. The predicted molar refractivity (Wildman–Crippen MR) is 83.1 cm³/mol. The lowest BCUT2D eigenvalue weighted by molar-refractivity contribution is 0.0699. The molecular weight excluding hydrogens is 280 g/mol. The molecule has 1 N–H and O–H groups in total. The monoisotopic (exact) mass is 296 g/mol. The largest absolute Gasteiger partial charge is 0.486 e. The van der Waals surface area contributed by atoms with Gasteiger partial charge in [-0.3, -0.25) is 4.98 Å². The van der Waals surface area contributed by atoms with Gasteiger partial charge < -0.3 is 14.4 Å². The van der Waals surface area contributed by atoms with Crippen LogP contribution in [0.4, 0.5) is 0 Å². The molecule has 5 heteroatoms. The lowest BCUT2D eigenvalue weighted by Gasteiger charge is -2.09. The molecule has 1 aromatic carbocycles. The number of benzene rings is 1. The van der Waals surface area contributed by atoms with Crippen molar-refractivity contribution in [3.05, 3.63) is 60.0 Å². The van der Waals surface area contributed by atoms with Gasteiger partial charge in [0.05, 0.1) is 17.5 Å². The van der Waals surface area contributed by atoms with Gasteiger partial charge >= 0.3 is 5.97 Å². The summed E-state index contributed by atoms with van der Waals surface area (Å²) in [4.78, 5) is 15.4. The molecule has 3 rings (SSSR count). The minimum absolute atomic E-state index is 0.312. The van der Waals surface area contributed by atoms with E-state index in [9.17, 15) is 9.90 Å². The van der Waals surface area contributed by atoms with E-state index in [-0.39, 0.29) is 0 Å². The van der Waals surface area contributed by atoms with Crippen molar-refractivity contribution in [3.63, 3.8) is 0 Å². The van der Waals surface area contributed by atoms with E-state index in [4.69, 9.17) is 4.74 Å². The van der Waals surface area contributed by atoms with Crippen molar-refractivity contribution in [2.24, 2.45) is 0 Å². The van der Waals surface area contributed by atoms with Crippen LogP contribution in [0.15, 0.2) is 48.8 Å². The Hall–Kier alpha value is -2.82. The third-order valence-corrected chi connectivity index (χ3v) is 3.60. The Morgan fingerprint density at radius 3 is 2.86 bits per heavy atom. The fourth-order valence-corrected chi connectivity index (χ4v) is 2.61. The van der Waals surface area contributed by atoms with Gasteiger partial charge in [0.15, 0.2) is 0 Å². The van der Waals surface area contributed by atoms with Crippen molar-refractivity contribution in [2.75, 3.05) is 0 Å². The van der Waals surface area contributed by atoms with Gasteiger partial charge in [0.25, 0.3) is 0 Å². The number of fused-ring (bicyclic) bond motifs is 1. The summed E-state index contributed by atoms with van der Waals surface area (Å²) in [6, 6.07) is 10.9. The maximum Gasteiger partial charge on any atom is 0.336 e. The van der Waals surface area contributed by atoms with Gasteiger partial charge in [-0.1, -0.05) is 6.07 Å². The minimum atomic E-state index is -0.918. The Balaban J connectivity index is 1.99. The summed E-state index contributed by atoms with van der Waals surface area (Å²) in [6.07, 6.45) is 3.34. The molecule has 22 heavy (non-hydrogen) atoms. The van der Waals surface area contributed by atoms with E-state index in [1.165, 1.54) is 0 Å². The van der Waals surface area contributed by atoms with E-state index in [1.807, 2.05) is 31.2 Å². The number of hydrogen-bond donors (Lipinski definition) is 1. The van der Waals surface area contributed by atoms with Crippen molar-refractivity contribution in [1.82, 2.24) is 9.55 Å². The second kappa shape index (κ2) is 5.89. The van der Waals surface area contributed by atoms with Gasteiger partial charge in [-0.15, -0.1) is 0 Å². The van der Waals surface area contributed by atoms with Crippen LogP contribution in [0.5, 0.6) is 5.75 Å². The van der Waals surface area contributed by atoms with Gasteiger partial charge in [0, 0.05) is 23.6 Å². The van der Waals surface area contributed by atoms with E-state index < -0.39 is 5.97 Å². The zero-order valence-corrected chi connectivity index (χ0v) is 12.2. The average Bonchev–Trinajstić information content (AvgIpc) is 2.91. The average molecular weight is 296 g/mol. The molecule has 0 spiro atoms. The van der Waals surface area contributed by atoms with E-state index in [0.717, 1.165) is 23.1 Å². The number of aromatic nitrogens is 2. The highest BCUT2D eigenvalue weighted by Gasteiger charge is 2.14. The number of ether oxygens (including phenoxy) is 1. The van der Waals surface area contributed by atoms with Crippen molar-refractivity contribution < 1.29 is 14.6 Å². The van der Waals surface area contributed by atoms with Crippen molar-refractivity contribution in [3.8, 4) is 5.75 Å². The van der Waals surface area contributed by atoms with Crippen LogP contribution in [0.2, 0.25) is 0 Å². The molecule has 0 aliphatic carbocycles. The van der Waals surface area contributed by atoms with E-state index in [2.05, 4.69) is 9.55 Å². The standard InChI is InChI=1S/C17H16N2O3/c1-2-19-12(11-22-13-5-4-8-18-10-13)9-15-14(17(20)21)6-3-7-16(15)19/h3-10H,2,11H2,1H3,(H,20,21). The molecule has 3 aromatic rings. The summed E-state index contributed by atoms with van der Waals surface area (Å²) >= 11 is 0. The summed E-state index contributed by atoms with van der Waals surface area (Å²) in [7, 11) is 0. The fraction of sp³-hybridized carbons (Fsp3) is 0.176. The molecule has 0 saturated carbocycles. The number of pyridine rings is 1. The Bertz CT molecular complexity index is 809. The Morgan fingerprint density at radius 2 is 2.18 bits per heavy atom. The summed E-state index contributed by atoms with van der Waals surface area (Å²) in [6.45, 7) is 3.14. The molecule has 0 radical (unpaired) electrons. The predicted octanol–water partition coefficient (Wildman–Crippen LogP) is 3.33. The number of nitrogens with zero attached hydrogens (tertiary/aromatic N) is 2. The smallest absolute Gasteiger partial charge is 0.336 e. The van der Waals surface area contributed by atoms with E-state index in [1.54, 1.807) is 24.5 Å². The van der Waals surface area contributed by atoms with Crippen LogP contribution in [0.3, 0.4) is 0 Å². The Morgan fingerprint density at radius 1 is 1.32 bits per heavy atom. The summed E-state index contributed by atoms with van der Waals surface area (Å²) < 4.78 is 7.80.